The van der Waals surface area contributed by atoms with Gasteiger partial charge in [0.05, 0.1) is 25.8 Å². The summed E-state index contributed by atoms with van der Waals surface area (Å²) in [5.74, 6) is 1.50. The highest BCUT2D eigenvalue weighted by Crippen LogP contribution is 2.25. The van der Waals surface area contributed by atoms with E-state index in [4.69, 9.17) is 9.26 Å². The predicted octanol–water partition coefficient (Wildman–Crippen LogP) is 1.93. The summed E-state index contributed by atoms with van der Waals surface area (Å²) in [6.45, 7) is 5.15. The lowest BCUT2D eigenvalue weighted by molar-refractivity contribution is -0.0165. The molecule has 0 bridgehead atoms. The van der Waals surface area contributed by atoms with Gasteiger partial charge in [0.25, 0.3) is 0 Å². The zero-order valence-electron chi connectivity index (χ0n) is 12.7. The van der Waals surface area contributed by atoms with Gasteiger partial charge in [-0.05, 0) is 18.6 Å². The van der Waals surface area contributed by atoms with Gasteiger partial charge in [0.15, 0.2) is 5.82 Å². The second-order valence-electron chi connectivity index (χ2n) is 5.46. The molecule has 3 rings (SSSR count). The molecule has 0 unspecified atom stereocenters. The molecule has 1 atom stereocenters. The van der Waals surface area contributed by atoms with Gasteiger partial charge in [0.2, 0.25) is 5.89 Å². The lowest BCUT2D eigenvalue weighted by Crippen LogP contribution is -2.40. The largest absolute Gasteiger partial charge is 0.378 e. The smallest absolute Gasteiger partial charge is 0.226 e. The van der Waals surface area contributed by atoms with Crippen molar-refractivity contribution in [2.75, 3.05) is 19.8 Å². The molecule has 0 amide bonds. The van der Waals surface area contributed by atoms with E-state index in [1.165, 1.54) is 5.69 Å². The van der Waals surface area contributed by atoms with E-state index in [0.717, 1.165) is 37.7 Å². The van der Waals surface area contributed by atoms with Gasteiger partial charge in [-0.3, -0.25) is 4.90 Å². The van der Waals surface area contributed by atoms with E-state index in [2.05, 4.69) is 51.9 Å². The van der Waals surface area contributed by atoms with Crippen molar-refractivity contribution in [2.24, 2.45) is 7.05 Å². The number of morpholine rings is 1. The second-order valence-corrected chi connectivity index (χ2v) is 5.46. The van der Waals surface area contributed by atoms with E-state index >= 15 is 0 Å². The highest BCUT2D eigenvalue weighted by molar-refractivity contribution is 5.13. The van der Waals surface area contributed by atoms with E-state index in [1.54, 1.807) is 0 Å². The Morgan fingerprint density at radius 3 is 3.10 bits per heavy atom. The van der Waals surface area contributed by atoms with E-state index < -0.39 is 0 Å². The zero-order chi connectivity index (χ0) is 14.7. The number of aryl methyl sites for hydroxylation is 2. The number of hydrogen-bond donors (Lipinski definition) is 0. The molecular formula is C15H22N4O2. The standard InChI is InChI=1S/C15H22N4O2/c1-3-5-15-16-14(17-21-15)10-19-8-9-20-11-13(19)12-6-4-7-18(12)2/h4,6-7,13H,3,5,8-11H2,1-2H3/t13-/m1/s1. The first kappa shape index (κ1) is 14.3. The van der Waals surface area contributed by atoms with Crippen LogP contribution in [0.4, 0.5) is 0 Å². The molecule has 0 aliphatic carbocycles. The average Bonchev–Trinajstić information content (AvgIpc) is 3.09. The van der Waals surface area contributed by atoms with Crippen molar-refractivity contribution in [1.82, 2.24) is 19.6 Å². The third kappa shape index (κ3) is 3.16. The van der Waals surface area contributed by atoms with Gasteiger partial charge in [0, 0.05) is 31.9 Å². The van der Waals surface area contributed by atoms with Gasteiger partial charge in [-0.15, -0.1) is 0 Å². The van der Waals surface area contributed by atoms with Crippen LogP contribution >= 0.6 is 0 Å². The lowest BCUT2D eigenvalue weighted by atomic mass is 10.1. The molecule has 1 aliphatic heterocycles. The fourth-order valence-corrected chi connectivity index (χ4v) is 2.77. The molecule has 1 aliphatic rings. The fourth-order valence-electron chi connectivity index (χ4n) is 2.77. The summed E-state index contributed by atoms with van der Waals surface area (Å²) in [6, 6.07) is 4.45. The summed E-state index contributed by atoms with van der Waals surface area (Å²) in [5, 5.41) is 4.09. The molecule has 2 aromatic heterocycles. The molecule has 6 nitrogen and oxygen atoms in total. The fraction of sp³-hybridized carbons (Fsp3) is 0.600. The van der Waals surface area contributed by atoms with Gasteiger partial charge >= 0.3 is 0 Å². The van der Waals surface area contributed by atoms with E-state index in [1.807, 2.05) is 0 Å². The number of hydrogen-bond acceptors (Lipinski definition) is 5. The van der Waals surface area contributed by atoms with E-state index in [-0.39, 0.29) is 6.04 Å². The third-order valence-corrected chi connectivity index (χ3v) is 3.88. The minimum absolute atomic E-state index is 0.242. The maximum absolute atomic E-state index is 5.65. The number of nitrogens with zero attached hydrogens (tertiary/aromatic N) is 4. The second kappa shape index (κ2) is 6.41. The Balaban J connectivity index is 1.73. The van der Waals surface area contributed by atoms with Gasteiger partial charge in [-0.25, -0.2) is 0 Å². The predicted molar refractivity (Wildman–Crippen MR) is 77.7 cm³/mol. The van der Waals surface area contributed by atoms with Crippen LogP contribution in [0, 0.1) is 0 Å². The summed E-state index contributed by atoms with van der Waals surface area (Å²) in [7, 11) is 2.07. The molecule has 0 spiro atoms. The molecular weight excluding hydrogens is 268 g/mol. The van der Waals surface area contributed by atoms with E-state index in [9.17, 15) is 0 Å². The van der Waals surface area contributed by atoms with Crippen LogP contribution in [0.3, 0.4) is 0 Å². The van der Waals surface area contributed by atoms with Crippen LogP contribution in [-0.4, -0.2) is 39.4 Å². The highest BCUT2D eigenvalue weighted by Gasteiger charge is 2.27. The van der Waals surface area contributed by atoms with Crippen LogP contribution in [0.25, 0.3) is 0 Å². The van der Waals surface area contributed by atoms with Crippen LogP contribution in [0.1, 0.15) is 36.8 Å². The Labute approximate surface area is 124 Å². The van der Waals surface area contributed by atoms with Crippen molar-refractivity contribution < 1.29 is 9.26 Å². The number of ether oxygens (including phenoxy) is 1. The molecule has 0 saturated carbocycles. The minimum atomic E-state index is 0.242. The monoisotopic (exact) mass is 290 g/mol. The lowest BCUT2D eigenvalue weighted by Gasteiger charge is -2.35. The zero-order valence-corrected chi connectivity index (χ0v) is 12.7. The Morgan fingerprint density at radius 1 is 1.43 bits per heavy atom. The van der Waals surface area contributed by atoms with Crippen LogP contribution in [-0.2, 0) is 24.8 Å². The topological polar surface area (TPSA) is 56.3 Å². The molecule has 0 radical (unpaired) electrons. The van der Waals surface area contributed by atoms with Gasteiger partial charge in [0.1, 0.15) is 0 Å². The SMILES string of the molecule is CCCc1nc(CN2CCOC[C@@H]2c2cccn2C)no1. The number of rotatable bonds is 5. The third-order valence-electron chi connectivity index (χ3n) is 3.88. The molecule has 1 saturated heterocycles. The quantitative estimate of drug-likeness (QED) is 0.842. The van der Waals surface area contributed by atoms with Crippen molar-refractivity contribution in [3.05, 3.63) is 35.7 Å². The summed E-state index contributed by atoms with van der Waals surface area (Å²) < 4.78 is 13.1. The Bertz CT molecular complexity index is 578. The van der Waals surface area contributed by atoms with Crippen LogP contribution < -0.4 is 0 Å². The van der Waals surface area contributed by atoms with Gasteiger partial charge in [-0.1, -0.05) is 12.1 Å². The first-order chi connectivity index (χ1) is 10.3. The van der Waals surface area contributed by atoms with Crippen molar-refractivity contribution in [3.8, 4) is 0 Å². The van der Waals surface area contributed by atoms with Crippen molar-refractivity contribution in [1.29, 1.82) is 0 Å². The molecule has 21 heavy (non-hydrogen) atoms. The van der Waals surface area contributed by atoms with E-state index in [0.29, 0.717) is 13.2 Å². The first-order valence-electron chi connectivity index (χ1n) is 7.52. The van der Waals surface area contributed by atoms with Crippen LogP contribution in [0.15, 0.2) is 22.9 Å². The number of aromatic nitrogens is 3. The molecule has 6 heteroatoms. The van der Waals surface area contributed by atoms with Crippen LogP contribution in [0.5, 0.6) is 0 Å². The molecule has 3 heterocycles. The maximum atomic E-state index is 5.65. The van der Waals surface area contributed by atoms with Crippen molar-refractivity contribution in [2.45, 2.75) is 32.4 Å². The first-order valence-corrected chi connectivity index (χ1v) is 7.52. The maximum Gasteiger partial charge on any atom is 0.226 e. The van der Waals surface area contributed by atoms with Gasteiger partial charge in [-0.2, -0.15) is 4.98 Å². The molecule has 0 N–H and O–H groups in total. The Morgan fingerprint density at radius 2 is 2.33 bits per heavy atom. The van der Waals surface area contributed by atoms with Crippen molar-refractivity contribution >= 4 is 0 Å². The summed E-state index contributed by atoms with van der Waals surface area (Å²) in [4.78, 5) is 6.83. The normalized spacial score (nSPS) is 20.0. The molecule has 0 aromatic carbocycles. The van der Waals surface area contributed by atoms with Gasteiger partial charge < -0.3 is 13.8 Å². The average molecular weight is 290 g/mol. The Kier molecular flexibility index (Phi) is 4.36. The highest BCUT2D eigenvalue weighted by atomic mass is 16.5. The molecule has 114 valence electrons. The molecule has 1 fully saturated rings. The Hall–Kier alpha value is -1.66. The molecule has 2 aromatic rings. The summed E-state index contributed by atoms with van der Waals surface area (Å²) in [5.41, 5.74) is 1.26. The summed E-state index contributed by atoms with van der Waals surface area (Å²) >= 11 is 0. The summed E-state index contributed by atoms with van der Waals surface area (Å²) in [6.07, 6.45) is 3.93. The van der Waals surface area contributed by atoms with Crippen molar-refractivity contribution in [3.63, 3.8) is 0 Å². The minimum Gasteiger partial charge on any atom is -0.378 e. The van der Waals surface area contributed by atoms with Crippen LogP contribution in [0.2, 0.25) is 0 Å².